The van der Waals surface area contributed by atoms with Crippen molar-refractivity contribution in [2.45, 2.75) is 56.7 Å². The number of nitrogens with zero attached hydrogens (tertiary/aromatic N) is 1. The molecule has 1 aliphatic rings. The van der Waals surface area contributed by atoms with E-state index in [0.717, 1.165) is 4.57 Å². The third kappa shape index (κ3) is 6.72. The summed E-state index contributed by atoms with van der Waals surface area (Å²) in [6.45, 7) is 1.59. The number of aromatic amines is 1. The Morgan fingerprint density at radius 3 is 2.53 bits per heavy atom. The highest BCUT2D eigenvalue weighted by Gasteiger charge is 2.66. The largest absolute Gasteiger partial charge is 0.462 e. The zero-order valence-corrected chi connectivity index (χ0v) is 23.1. The summed E-state index contributed by atoms with van der Waals surface area (Å²) in [5, 5.41) is 23.8. The van der Waals surface area contributed by atoms with Crippen LogP contribution < -0.4 is 9.61 Å². The Kier molecular flexibility index (Phi) is 9.58. The van der Waals surface area contributed by atoms with Crippen LogP contribution in [-0.2, 0) is 23.4 Å². The van der Waals surface area contributed by atoms with E-state index in [2.05, 4.69) is 10.1 Å². The number of hydrogen-bond acceptors (Lipinski definition) is 10. The summed E-state index contributed by atoms with van der Waals surface area (Å²) >= 11 is 10.1. The highest BCUT2D eigenvalue weighted by molar-refractivity contribution is 7.72. The highest BCUT2D eigenvalue weighted by Crippen LogP contribution is 2.50. The van der Waals surface area contributed by atoms with Gasteiger partial charge in [0.1, 0.15) is 29.7 Å². The van der Waals surface area contributed by atoms with Crippen LogP contribution in [0, 0.1) is 9.41 Å². The van der Waals surface area contributed by atoms with Gasteiger partial charge in [0, 0.05) is 6.20 Å². The van der Waals surface area contributed by atoms with Crippen molar-refractivity contribution in [3.05, 3.63) is 52.0 Å². The normalized spacial score (nSPS) is 27.6. The molecule has 210 valence electrons. The SMILES string of the molecule is CC(C)OC(=O)[C@H](C)NP(=O)(OC[C@@]1(F)O[C@@H](n2ccc(=S)[nH]c2=S)[C@@](O)(CF)C1O)Oc1ccccc1. The second-order valence-corrected chi connectivity index (χ2v) is 11.3. The zero-order chi connectivity index (χ0) is 28.3. The number of aromatic nitrogens is 2. The number of ether oxygens (including phenoxy) is 2. The molecule has 0 radical (unpaired) electrons. The molecule has 1 saturated heterocycles. The van der Waals surface area contributed by atoms with Crippen LogP contribution >= 0.6 is 32.2 Å². The maximum Gasteiger partial charge on any atom is 0.459 e. The maximum atomic E-state index is 16.0. The Labute approximate surface area is 227 Å². The van der Waals surface area contributed by atoms with Crippen molar-refractivity contribution in [3.8, 4) is 5.75 Å². The molecule has 0 amide bonds. The Hall–Kier alpha value is -2.10. The maximum absolute atomic E-state index is 16.0. The van der Waals surface area contributed by atoms with Crippen LogP contribution in [0.15, 0.2) is 42.6 Å². The Morgan fingerprint density at radius 1 is 1.29 bits per heavy atom. The third-order valence-corrected chi connectivity index (χ3v) is 7.57. The topological polar surface area (TPSA) is 144 Å². The predicted molar refractivity (Wildman–Crippen MR) is 136 cm³/mol. The van der Waals surface area contributed by atoms with Gasteiger partial charge in [0.15, 0.2) is 22.7 Å². The molecule has 3 rings (SSSR count). The number of carbonyl (C=O) groups is 1. The second-order valence-electron chi connectivity index (χ2n) is 8.81. The van der Waals surface area contributed by atoms with E-state index >= 15 is 4.39 Å². The minimum atomic E-state index is -4.58. The lowest BCUT2D eigenvalue weighted by molar-refractivity contribution is -0.203. The van der Waals surface area contributed by atoms with E-state index in [1.54, 1.807) is 32.0 Å². The van der Waals surface area contributed by atoms with Crippen LogP contribution in [-0.4, -0.2) is 68.7 Å². The van der Waals surface area contributed by atoms with E-state index in [1.807, 2.05) is 0 Å². The van der Waals surface area contributed by atoms with Gasteiger partial charge in [-0.2, -0.15) is 5.09 Å². The lowest BCUT2D eigenvalue weighted by atomic mass is 9.94. The fourth-order valence-electron chi connectivity index (χ4n) is 3.53. The van der Waals surface area contributed by atoms with Crippen molar-refractivity contribution < 1.29 is 46.9 Å². The third-order valence-electron chi connectivity index (χ3n) is 5.39. The minimum absolute atomic E-state index is 0.0394. The summed E-state index contributed by atoms with van der Waals surface area (Å²) in [4.78, 5) is 14.9. The van der Waals surface area contributed by atoms with Gasteiger partial charge in [-0.15, -0.1) is 0 Å². The van der Waals surface area contributed by atoms with Gasteiger partial charge in [-0.25, -0.2) is 13.3 Å². The van der Waals surface area contributed by atoms with Crippen molar-refractivity contribution in [2.24, 2.45) is 0 Å². The van der Waals surface area contributed by atoms with Crippen molar-refractivity contribution in [2.75, 3.05) is 13.3 Å². The molecule has 0 saturated carbocycles. The summed E-state index contributed by atoms with van der Waals surface area (Å²) in [5.74, 6) is -4.06. The summed E-state index contributed by atoms with van der Waals surface area (Å²) in [6, 6.07) is 7.75. The average Bonchev–Trinajstić information content (AvgIpc) is 3.05. The molecule has 1 aromatic carbocycles. The van der Waals surface area contributed by atoms with E-state index < -0.39 is 62.9 Å². The lowest BCUT2D eigenvalue weighted by Crippen LogP contribution is -2.52. The van der Waals surface area contributed by atoms with Crippen LogP contribution in [0.1, 0.15) is 27.0 Å². The van der Waals surface area contributed by atoms with E-state index in [0.29, 0.717) is 0 Å². The fraction of sp³-hybridized carbons (Fsp3) is 0.500. The molecule has 11 nitrogen and oxygen atoms in total. The smallest absolute Gasteiger partial charge is 0.459 e. The first-order chi connectivity index (χ1) is 17.7. The minimum Gasteiger partial charge on any atom is -0.462 e. The molecule has 2 unspecified atom stereocenters. The Balaban J connectivity index is 1.89. The molecule has 16 heteroatoms. The number of halogens is 2. The molecular formula is C22H28F2N3O8PS2. The van der Waals surface area contributed by atoms with Crippen LogP contribution in [0.4, 0.5) is 8.78 Å². The van der Waals surface area contributed by atoms with Crippen molar-refractivity contribution in [1.29, 1.82) is 0 Å². The van der Waals surface area contributed by atoms with Crippen molar-refractivity contribution in [3.63, 3.8) is 0 Å². The molecule has 4 N–H and O–H groups in total. The van der Waals surface area contributed by atoms with Crippen molar-refractivity contribution in [1.82, 2.24) is 14.6 Å². The first-order valence-corrected chi connectivity index (χ1v) is 13.7. The molecule has 1 aromatic heterocycles. The van der Waals surface area contributed by atoms with E-state index in [9.17, 15) is 24.0 Å². The molecule has 2 aromatic rings. The molecule has 0 bridgehead atoms. The number of benzene rings is 1. The quantitative estimate of drug-likeness (QED) is 0.172. The van der Waals surface area contributed by atoms with Gasteiger partial charge in [-0.1, -0.05) is 30.4 Å². The van der Waals surface area contributed by atoms with Gasteiger partial charge in [0.05, 0.1) is 6.10 Å². The predicted octanol–water partition coefficient (Wildman–Crippen LogP) is 3.66. The molecule has 1 fully saturated rings. The van der Waals surface area contributed by atoms with E-state index in [-0.39, 0.29) is 15.2 Å². The number of H-pyrrole nitrogens is 1. The highest BCUT2D eigenvalue weighted by atomic mass is 32.1. The zero-order valence-electron chi connectivity index (χ0n) is 20.6. The second kappa shape index (κ2) is 12.0. The van der Waals surface area contributed by atoms with Gasteiger partial charge in [0.25, 0.3) is 5.85 Å². The average molecular weight is 596 g/mol. The number of hydrogen-bond donors (Lipinski definition) is 4. The van der Waals surface area contributed by atoms with Crippen LogP contribution in [0.2, 0.25) is 0 Å². The Bertz CT molecular complexity index is 1300. The van der Waals surface area contributed by atoms with Gasteiger partial charge >= 0.3 is 13.7 Å². The summed E-state index contributed by atoms with van der Waals surface area (Å²) < 4.78 is 65.6. The number of esters is 1. The summed E-state index contributed by atoms with van der Waals surface area (Å²) in [5.41, 5.74) is -2.82. The van der Waals surface area contributed by atoms with E-state index in [1.165, 1.54) is 31.3 Å². The number of rotatable bonds is 11. The van der Waals surface area contributed by atoms with Crippen LogP contribution in [0.3, 0.4) is 0 Å². The van der Waals surface area contributed by atoms with Gasteiger partial charge in [-0.3, -0.25) is 13.9 Å². The van der Waals surface area contributed by atoms with E-state index in [4.69, 9.17) is 43.0 Å². The number of alkyl halides is 2. The standard InChI is InChI=1S/C22H28F2N3O8PS2/c1-13(2)33-17(28)14(3)26-36(31,35-15-7-5-4-6-8-15)32-12-22(24)18(29)21(30,11-23)19(34-22)27-10-9-16(37)25-20(27)38/h4-10,13-14,18-19,29-30H,11-12H2,1-3H3,(H,26,31)(H,25,37,38)/t14-,18?,19+,21+,22+,36?/m0/s1. The first kappa shape index (κ1) is 30.4. The fourth-order valence-corrected chi connectivity index (χ4v) is 5.52. The van der Waals surface area contributed by atoms with Gasteiger partial charge in [0.2, 0.25) is 0 Å². The lowest BCUT2D eigenvalue weighted by Gasteiger charge is -2.29. The molecule has 1 aliphatic heterocycles. The van der Waals surface area contributed by atoms with Gasteiger partial charge in [-0.05, 0) is 51.2 Å². The first-order valence-electron chi connectivity index (χ1n) is 11.3. The molecule has 38 heavy (non-hydrogen) atoms. The number of para-hydroxylation sites is 1. The number of aliphatic hydroxyl groups excluding tert-OH is 1. The number of aliphatic hydroxyl groups is 2. The molecule has 0 aliphatic carbocycles. The van der Waals surface area contributed by atoms with Crippen LogP contribution in [0.25, 0.3) is 0 Å². The summed E-state index contributed by atoms with van der Waals surface area (Å²) in [6.07, 6.45) is -3.65. The van der Waals surface area contributed by atoms with Crippen LogP contribution in [0.5, 0.6) is 5.75 Å². The van der Waals surface area contributed by atoms with Gasteiger partial charge < -0.3 is 29.2 Å². The summed E-state index contributed by atoms with van der Waals surface area (Å²) in [7, 11) is -4.58. The molecular weight excluding hydrogens is 567 g/mol. The molecule has 6 atom stereocenters. The monoisotopic (exact) mass is 595 g/mol. The number of carbonyl (C=O) groups excluding carboxylic acids is 1. The number of nitrogens with one attached hydrogen (secondary N) is 2. The molecule has 0 spiro atoms. The molecule has 2 heterocycles. The Morgan fingerprint density at radius 2 is 1.95 bits per heavy atom. The van der Waals surface area contributed by atoms with Crippen molar-refractivity contribution >= 4 is 38.2 Å².